The van der Waals surface area contributed by atoms with Gasteiger partial charge in [-0.1, -0.05) is 48.5 Å². The fourth-order valence-corrected chi connectivity index (χ4v) is 4.11. The van der Waals surface area contributed by atoms with Crippen LogP contribution in [0, 0.1) is 0 Å². The molecule has 0 aliphatic carbocycles. The molecule has 0 unspecified atom stereocenters. The van der Waals surface area contributed by atoms with E-state index in [9.17, 15) is 0 Å². The lowest BCUT2D eigenvalue weighted by Gasteiger charge is -2.28. The zero-order chi connectivity index (χ0) is 19.5. The quantitative estimate of drug-likeness (QED) is 0.573. The number of hydrogen-bond donors (Lipinski definition) is 1. The fourth-order valence-electron chi connectivity index (χ4n) is 4.11. The molecule has 4 nitrogen and oxygen atoms in total. The summed E-state index contributed by atoms with van der Waals surface area (Å²) in [6.07, 6.45) is 2.15. The van der Waals surface area contributed by atoms with Crippen LogP contribution in [0.3, 0.4) is 0 Å². The summed E-state index contributed by atoms with van der Waals surface area (Å²) >= 11 is 0. The third-order valence-electron chi connectivity index (χ3n) is 5.62. The number of aryl methyl sites for hydroxylation is 1. The Labute approximate surface area is 171 Å². The van der Waals surface area contributed by atoms with Crippen LogP contribution in [-0.4, -0.2) is 30.4 Å². The number of rotatable bonds is 0. The van der Waals surface area contributed by atoms with Gasteiger partial charge in [-0.05, 0) is 48.2 Å². The molecule has 0 fully saturated rings. The minimum atomic E-state index is 0.678. The molecule has 0 saturated heterocycles. The molecule has 0 bridgehead atoms. The van der Waals surface area contributed by atoms with E-state index in [0.717, 1.165) is 54.4 Å². The summed E-state index contributed by atoms with van der Waals surface area (Å²) in [5, 5.41) is 3.56. The van der Waals surface area contributed by atoms with E-state index >= 15 is 0 Å². The van der Waals surface area contributed by atoms with Gasteiger partial charge < -0.3 is 15.0 Å². The van der Waals surface area contributed by atoms with Gasteiger partial charge in [0.25, 0.3) is 0 Å². The van der Waals surface area contributed by atoms with Crippen LogP contribution >= 0.6 is 0 Å². The summed E-state index contributed by atoms with van der Waals surface area (Å²) in [6, 6.07) is 25.3. The van der Waals surface area contributed by atoms with Gasteiger partial charge in [-0.25, -0.2) is 4.99 Å². The minimum absolute atomic E-state index is 0.678. The van der Waals surface area contributed by atoms with E-state index in [4.69, 9.17) is 9.73 Å². The van der Waals surface area contributed by atoms with Gasteiger partial charge in [0.1, 0.15) is 5.84 Å². The van der Waals surface area contributed by atoms with Crippen molar-refractivity contribution in [3.63, 3.8) is 0 Å². The van der Waals surface area contributed by atoms with Gasteiger partial charge in [0.2, 0.25) is 0 Å². The van der Waals surface area contributed by atoms with Gasteiger partial charge in [-0.3, -0.25) is 0 Å². The van der Waals surface area contributed by atoms with Crippen LogP contribution in [0.5, 0.6) is 0 Å². The normalized spacial score (nSPS) is 16.4. The highest BCUT2D eigenvalue weighted by Crippen LogP contribution is 2.34. The summed E-state index contributed by atoms with van der Waals surface area (Å²) in [6.45, 7) is 3.15. The Morgan fingerprint density at radius 3 is 2.48 bits per heavy atom. The van der Waals surface area contributed by atoms with E-state index in [1.165, 1.54) is 11.1 Å². The Bertz CT molecular complexity index is 1040. The van der Waals surface area contributed by atoms with Crippen molar-refractivity contribution in [3.8, 4) is 0 Å². The lowest BCUT2D eigenvalue weighted by atomic mass is 10.0. The lowest BCUT2D eigenvalue weighted by Crippen LogP contribution is -2.36. The Hall–Kier alpha value is -3.11. The van der Waals surface area contributed by atoms with Crippen molar-refractivity contribution >= 4 is 22.9 Å². The number of fused-ring (bicyclic) bond motifs is 3. The Morgan fingerprint density at radius 1 is 0.793 bits per heavy atom. The van der Waals surface area contributed by atoms with Crippen LogP contribution in [0.25, 0.3) is 0 Å². The van der Waals surface area contributed by atoms with Crippen LogP contribution in [0.15, 0.2) is 77.8 Å². The smallest absolute Gasteiger partial charge is 0.138 e. The molecule has 3 aromatic rings. The number of nitrogens with zero attached hydrogens (tertiary/aromatic N) is 2. The SMILES string of the molecule is c1ccc2c(c1)CCCN(C1=Nc3ccccc3Nc3ccccc31)CCOC2. The first-order valence-electron chi connectivity index (χ1n) is 10.3. The van der Waals surface area contributed by atoms with Crippen molar-refractivity contribution in [1.82, 2.24) is 4.90 Å². The minimum Gasteiger partial charge on any atom is -0.375 e. The summed E-state index contributed by atoms with van der Waals surface area (Å²) in [7, 11) is 0. The molecular weight excluding hydrogens is 358 g/mol. The van der Waals surface area contributed by atoms with Crippen LogP contribution in [0.4, 0.5) is 17.1 Å². The van der Waals surface area contributed by atoms with Crippen molar-refractivity contribution < 1.29 is 4.74 Å². The number of ether oxygens (including phenoxy) is 1. The predicted molar refractivity (Wildman–Crippen MR) is 118 cm³/mol. The fraction of sp³-hybridized carbons (Fsp3) is 0.240. The van der Waals surface area contributed by atoms with Gasteiger partial charge >= 0.3 is 0 Å². The molecule has 2 heterocycles. The van der Waals surface area contributed by atoms with Crippen molar-refractivity contribution in [2.45, 2.75) is 19.4 Å². The Kier molecular flexibility index (Phi) is 5.01. The third-order valence-corrected chi connectivity index (χ3v) is 5.62. The first-order chi connectivity index (χ1) is 14.4. The second-order valence-electron chi connectivity index (χ2n) is 7.54. The van der Waals surface area contributed by atoms with E-state index in [2.05, 4.69) is 70.9 Å². The molecule has 2 aliphatic heterocycles. The number of benzene rings is 3. The van der Waals surface area contributed by atoms with Gasteiger partial charge in [0, 0.05) is 24.3 Å². The average molecular weight is 383 g/mol. The van der Waals surface area contributed by atoms with Crippen molar-refractivity contribution in [2.75, 3.05) is 25.0 Å². The second kappa shape index (κ2) is 8.10. The van der Waals surface area contributed by atoms with Gasteiger partial charge in [0.15, 0.2) is 0 Å². The van der Waals surface area contributed by atoms with E-state index in [1.807, 2.05) is 12.1 Å². The Morgan fingerprint density at radius 2 is 1.55 bits per heavy atom. The molecule has 3 aromatic carbocycles. The number of anilines is 2. The van der Waals surface area contributed by atoms with E-state index in [1.54, 1.807) is 0 Å². The van der Waals surface area contributed by atoms with Crippen LogP contribution in [-0.2, 0) is 17.8 Å². The molecular formula is C25H25N3O. The van der Waals surface area contributed by atoms with Crippen LogP contribution < -0.4 is 5.32 Å². The molecule has 0 amide bonds. The zero-order valence-electron chi connectivity index (χ0n) is 16.5. The number of nitrogens with one attached hydrogen (secondary N) is 1. The first kappa shape index (κ1) is 18.0. The maximum Gasteiger partial charge on any atom is 0.138 e. The summed E-state index contributed by atoms with van der Waals surface area (Å²) < 4.78 is 6.03. The largest absolute Gasteiger partial charge is 0.375 e. The van der Waals surface area contributed by atoms with Crippen molar-refractivity contribution in [2.24, 2.45) is 4.99 Å². The molecule has 0 spiro atoms. The van der Waals surface area contributed by atoms with Crippen molar-refractivity contribution in [3.05, 3.63) is 89.5 Å². The molecule has 5 rings (SSSR count). The first-order valence-corrected chi connectivity index (χ1v) is 10.3. The highest BCUT2D eigenvalue weighted by Gasteiger charge is 2.21. The lowest BCUT2D eigenvalue weighted by molar-refractivity contribution is 0.106. The van der Waals surface area contributed by atoms with E-state index in [-0.39, 0.29) is 0 Å². The number of amidine groups is 1. The summed E-state index contributed by atoms with van der Waals surface area (Å²) in [5.74, 6) is 1.02. The van der Waals surface area contributed by atoms with Gasteiger partial charge in [-0.15, -0.1) is 0 Å². The predicted octanol–water partition coefficient (Wildman–Crippen LogP) is 5.29. The molecule has 2 aliphatic rings. The molecule has 1 N–H and O–H groups in total. The molecule has 0 saturated carbocycles. The van der Waals surface area contributed by atoms with Gasteiger partial charge in [-0.2, -0.15) is 0 Å². The summed E-state index contributed by atoms with van der Waals surface area (Å²) in [4.78, 5) is 7.48. The number of aliphatic imine (C=N–C) groups is 1. The highest BCUT2D eigenvalue weighted by molar-refractivity contribution is 6.07. The van der Waals surface area contributed by atoms with Gasteiger partial charge in [0.05, 0.1) is 24.6 Å². The van der Waals surface area contributed by atoms with Crippen LogP contribution in [0.2, 0.25) is 0 Å². The van der Waals surface area contributed by atoms with E-state index < -0.39 is 0 Å². The van der Waals surface area contributed by atoms with Crippen LogP contribution in [0.1, 0.15) is 23.1 Å². The van der Waals surface area contributed by atoms with E-state index in [0.29, 0.717) is 13.2 Å². The second-order valence-corrected chi connectivity index (χ2v) is 7.54. The highest BCUT2D eigenvalue weighted by atomic mass is 16.5. The number of hydrogen-bond acceptors (Lipinski definition) is 4. The maximum atomic E-state index is 6.03. The monoisotopic (exact) mass is 383 g/mol. The molecule has 146 valence electrons. The Balaban J connectivity index is 1.49. The topological polar surface area (TPSA) is 36.9 Å². The molecule has 4 heteroatoms. The third kappa shape index (κ3) is 3.76. The molecule has 0 atom stereocenters. The van der Waals surface area contributed by atoms with Crippen molar-refractivity contribution in [1.29, 1.82) is 0 Å². The molecule has 0 aromatic heterocycles. The number of para-hydroxylation sites is 3. The molecule has 29 heavy (non-hydrogen) atoms. The summed E-state index contributed by atoms with van der Waals surface area (Å²) in [5.41, 5.74) is 6.96. The average Bonchev–Trinajstić information content (AvgIpc) is 2.93. The zero-order valence-corrected chi connectivity index (χ0v) is 16.5. The molecule has 0 radical (unpaired) electrons. The maximum absolute atomic E-state index is 6.03. The standard InChI is InChI=1S/C25H25N3O/c1-2-9-20-18-29-17-16-28(15-7-10-19(20)8-1)25-21-11-3-4-12-22(21)26-23-13-5-6-14-24(23)27-25/h1-6,8-9,11-14,26H,7,10,15-18H2.